The fourth-order valence-corrected chi connectivity index (χ4v) is 2.38. The van der Waals surface area contributed by atoms with Crippen LogP contribution in [0, 0.1) is 6.92 Å². The molecular formula is C17H20N4O3. The van der Waals surface area contributed by atoms with Gasteiger partial charge in [-0.3, -0.25) is 4.79 Å². The Balaban J connectivity index is 1.67. The third kappa shape index (κ3) is 3.73. The van der Waals surface area contributed by atoms with E-state index in [9.17, 15) is 4.79 Å². The van der Waals surface area contributed by atoms with Crippen LogP contribution in [0.2, 0.25) is 0 Å². The molecule has 0 atom stereocenters. The molecule has 2 aromatic rings. The van der Waals surface area contributed by atoms with Gasteiger partial charge in [-0.1, -0.05) is 6.07 Å². The molecule has 2 N–H and O–H groups in total. The number of ether oxygens (including phenoxy) is 2. The van der Waals surface area contributed by atoms with E-state index in [-0.39, 0.29) is 18.7 Å². The molecule has 126 valence electrons. The lowest BCUT2D eigenvalue weighted by molar-refractivity contribution is 0.0945. The van der Waals surface area contributed by atoms with Crippen molar-refractivity contribution in [2.45, 2.75) is 33.4 Å². The average molecular weight is 328 g/mol. The highest BCUT2D eigenvalue weighted by Crippen LogP contribution is 2.32. The van der Waals surface area contributed by atoms with Crippen molar-refractivity contribution in [3.8, 4) is 11.5 Å². The van der Waals surface area contributed by atoms with Gasteiger partial charge in [-0.25, -0.2) is 9.97 Å². The fraction of sp³-hybridized carbons (Fsp3) is 0.353. The molecule has 0 saturated heterocycles. The Morgan fingerprint density at radius 3 is 2.79 bits per heavy atom. The third-order valence-electron chi connectivity index (χ3n) is 3.40. The van der Waals surface area contributed by atoms with Crippen molar-refractivity contribution in [3.05, 3.63) is 41.3 Å². The Kier molecular flexibility index (Phi) is 4.50. The van der Waals surface area contributed by atoms with Gasteiger partial charge in [0.15, 0.2) is 11.5 Å². The number of amides is 1. The molecule has 3 rings (SSSR count). The maximum Gasteiger partial charge on any atom is 0.270 e. The summed E-state index contributed by atoms with van der Waals surface area (Å²) < 4.78 is 10.6. The summed E-state index contributed by atoms with van der Waals surface area (Å²) in [7, 11) is 0. The molecule has 2 heterocycles. The van der Waals surface area contributed by atoms with Crippen LogP contribution < -0.4 is 20.1 Å². The Labute approximate surface area is 140 Å². The lowest BCUT2D eigenvalue weighted by Crippen LogP contribution is -2.25. The van der Waals surface area contributed by atoms with Crippen molar-refractivity contribution in [3.63, 3.8) is 0 Å². The molecule has 0 fully saturated rings. The van der Waals surface area contributed by atoms with Crippen LogP contribution in [0.3, 0.4) is 0 Å². The van der Waals surface area contributed by atoms with Gasteiger partial charge in [-0.15, -0.1) is 0 Å². The maximum absolute atomic E-state index is 12.4. The Morgan fingerprint density at radius 2 is 2.00 bits per heavy atom. The van der Waals surface area contributed by atoms with E-state index in [1.54, 1.807) is 13.0 Å². The van der Waals surface area contributed by atoms with Crippen molar-refractivity contribution in [1.82, 2.24) is 15.3 Å². The lowest BCUT2D eigenvalue weighted by Gasteiger charge is -2.11. The number of rotatable bonds is 5. The molecule has 7 heteroatoms. The van der Waals surface area contributed by atoms with Crippen molar-refractivity contribution in [2.24, 2.45) is 0 Å². The first kappa shape index (κ1) is 16.0. The Morgan fingerprint density at radius 1 is 1.21 bits per heavy atom. The van der Waals surface area contributed by atoms with E-state index < -0.39 is 0 Å². The number of hydrogen-bond donors (Lipinski definition) is 2. The molecule has 1 aliphatic heterocycles. The van der Waals surface area contributed by atoms with Gasteiger partial charge in [0.25, 0.3) is 5.91 Å². The number of nitrogens with zero attached hydrogens (tertiary/aromatic N) is 2. The van der Waals surface area contributed by atoms with Crippen LogP contribution in [-0.4, -0.2) is 28.7 Å². The molecule has 24 heavy (non-hydrogen) atoms. The van der Waals surface area contributed by atoms with Crippen molar-refractivity contribution >= 4 is 11.7 Å². The fourth-order valence-electron chi connectivity index (χ4n) is 2.38. The van der Waals surface area contributed by atoms with Crippen LogP contribution >= 0.6 is 0 Å². The topological polar surface area (TPSA) is 85.4 Å². The summed E-state index contributed by atoms with van der Waals surface area (Å²) in [5, 5.41) is 6.04. The number of benzene rings is 1. The molecule has 1 aromatic carbocycles. The quantitative estimate of drug-likeness (QED) is 0.876. The Hall–Kier alpha value is -2.83. The highest BCUT2D eigenvalue weighted by Gasteiger charge is 2.14. The van der Waals surface area contributed by atoms with Crippen LogP contribution in [0.4, 0.5) is 5.82 Å². The number of aromatic nitrogens is 2. The molecule has 0 aliphatic carbocycles. The number of carbonyl (C=O) groups excluding carboxylic acids is 1. The normalized spacial score (nSPS) is 12.3. The van der Waals surface area contributed by atoms with Crippen LogP contribution in [0.15, 0.2) is 24.3 Å². The van der Waals surface area contributed by atoms with Gasteiger partial charge in [0.05, 0.1) is 0 Å². The van der Waals surface area contributed by atoms with Crippen molar-refractivity contribution < 1.29 is 14.3 Å². The largest absolute Gasteiger partial charge is 0.454 e. The number of aryl methyl sites for hydroxylation is 1. The highest BCUT2D eigenvalue weighted by atomic mass is 16.7. The minimum Gasteiger partial charge on any atom is -0.454 e. The molecule has 0 spiro atoms. The van der Waals surface area contributed by atoms with Crippen molar-refractivity contribution in [1.29, 1.82) is 0 Å². The first-order valence-electron chi connectivity index (χ1n) is 7.80. The standard InChI is InChI=1S/C17H20N4O3/c1-10(2)19-16-7-13(20-11(3)21-16)17(22)18-8-12-4-5-14-15(6-12)24-9-23-14/h4-7,10H,8-9H2,1-3H3,(H,18,22)(H,19,20,21). The second-order valence-electron chi connectivity index (χ2n) is 5.85. The number of fused-ring (bicyclic) bond motifs is 1. The summed E-state index contributed by atoms with van der Waals surface area (Å²) in [6, 6.07) is 7.47. The maximum atomic E-state index is 12.4. The molecule has 0 unspecified atom stereocenters. The van der Waals surface area contributed by atoms with Gasteiger partial charge in [0.2, 0.25) is 6.79 Å². The molecule has 1 aromatic heterocycles. The second-order valence-corrected chi connectivity index (χ2v) is 5.85. The molecule has 0 radical (unpaired) electrons. The van der Waals surface area contributed by atoms with Crippen LogP contribution in [0.5, 0.6) is 11.5 Å². The molecule has 1 amide bonds. The average Bonchev–Trinajstić information content (AvgIpc) is 2.99. The minimum atomic E-state index is -0.245. The van der Waals surface area contributed by atoms with E-state index in [2.05, 4.69) is 20.6 Å². The van der Waals surface area contributed by atoms with Crippen LogP contribution in [0.1, 0.15) is 35.7 Å². The van der Waals surface area contributed by atoms with Gasteiger partial charge in [0, 0.05) is 18.7 Å². The Bertz CT molecular complexity index is 761. The number of carbonyl (C=O) groups is 1. The van der Waals surface area contributed by atoms with E-state index in [0.717, 1.165) is 11.3 Å². The summed E-state index contributed by atoms with van der Waals surface area (Å²) in [5.74, 6) is 2.37. The first-order valence-corrected chi connectivity index (χ1v) is 7.80. The van der Waals surface area contributed by atoms with Crippen LogP contribution in [-0.2, 0) is 6.54 Å². The van der Waals surface area contributed by atoms with Crippen LogP contribution in [0.25, 0.3) is 0 Å². The molecule has 0 saturated carbocycles. The predicted octanol–water partition coefficient (Wildman–Crippen LogP) is 2.26. The van der Waals surface area contributed by atoms with Gasteiger partial charge >= 0.3 is 0 Å². The first-order chi connectivity index (χ1) is 11.5. The van der Waals surface area contributed by atoms with E-state index in [1.165, 1.54) is 0 Å². The summed E-state index contributed by atoms with van der Waals surface area (Å²) in [5.41, 5.74) is 1.27. The SMILES string of the molecule is Cc1nc(NC(C)C)cc(C(=O)NCc2ccc3c(c2)OCO3)n1. The minimum absolute atomic E-state index is 0.226. The lowest BCUT2D eigenvalue weighted by atomic mass is 10.2. The number of anilines is 1. The highest BCUT2D eigenvalue weighted by molar-refractivity contribution is 5.92. The van der Waals surface area contributed by atoms with Gasteiger partial charge in [0.1, 0.15) is 17.3 Å². The molecular weight excluding hydrogens is 308 g/mol. The summed E-state index contributed by atoms with van der Waals surface area (Å²) in [6.45, 7) is 6.40. The van der Waals surface area contributed by atoms with Crippen molar-refractivity contribution in [2.75, 3.05) is 12.1 Å². The van der Waals surface area contributed by atoms with Gasteiger partial charge in [-0.2, -0.15) is 0 Å². The number of hydrogen-bond acceptors (Lipinski definition) is 6. The predicted molar refractivity (Wildman–Crippen MR) is 89.3 cm³/mol. The monoisotopic (exact) mass is 328 g/mol. The zero-order valence-electron chi connectivity index (χ0n) is 13.9. The summed E-state index contributed by atoms with van der Waals surface area (Å²) in [6.07, 6.45) is 0. The zero-order chi connectivity index (χ0) is 17.1. The summed E-state index contributed by atoms with van der Waals surface area (Å²) in [4.78, 5) is 20.8. The third-order valence-corrected chi connectivity index (χ3v) is 3.40. The molecule has 0 bridgehead atoms. The van der Waals surface area contributed by atoms with Gasteiger partial charge < -0.3 is 20.1 Å². The van der Waals surface area contributed by atoms with E-state index in [1.807, 2.05) is 32.0 Å². The smallest absolute Gasteiger partial charge is 0.270 e. The zero-order valence-corrected chi connectivity index (χ0v) is 13.9. The van der Waals surface area contributed by atoms with Gasteiger partial charge in [-0.05, 0) is 38.5 Å². The number of nitrogens with one attached hydrogen (secondary N) is 2. The molecule has 1 aliphatic rings. The van der Waals surface area contributed by atoms with E-state index in [4.69, 9.17) is 9.47 Å². The summed E-state index contributed by atoms with van der Waals surface area (Å²) >= 11 is 0. The second kappa shape index (κ2) is 6.74. The van der Waals surface area contributed by atoms with E-state index in [0.29, 0.717) is 29.6 Å². The molecule has 7 nitrogen and oxygen atoms in total. The van der Waals surface area contributed by atoms with E-state index >= 15 is 0 Å².